The molecule has 0 saturated heterocycles. The first-order chi connectivity index (χ1) is 31.4. The van der Waals surface area contributed by atoms with Gasteiger partial charge in [-0.1, -0.05) is 128 Å². The summed E-state index contributed by atoms with van der Waals surface area (Å²) in [6, 6.07) is 0.540. The molecule has 0 radical (unpaired) electrons. The van der Waals surface area contributed by atoms with Crippen molar-refractivity contribution in [1.29, 1.82) is 5.41 Å². The Morgan fingerprint density at radius 1 is 0.591 bits per heavy atom. The van der Waals surface area contributed by atoms with Gasteiger partial charge in [-0.15, -0.1) is 0 Å². The predicted octanol–water partition coefficient (Wildman–Crippen LogP) is 1.49. The van der Waals surface area contributed by atoms with Crippen molar-refractivity contribution < 1.29 is 48.9 Å². The van der Waals surface area contributed by atoms with Crippen molar-refractivity contribution >= 4 is 47.2 Å². The lowest BCUT2D eigenvalue weighted by Crippen LogP contribution is -2.61. The number of amides is 6. The Balaban J connectivity index is 3.08. The molecule has 1 aromatic carbocycles. The van der Waals surface area contributed by atoms with Crippen LogP contribution >= 0.6 is 0 Å². The summed E-state index contributed by atoms with van der Waals surface area (Å²) in [6.45, 7) is 6.57. The third-order valence-corrected chi connectivity index (χ3v) is 11.2. The Bertz CT molecular complexity index is 1630. The molecule has 0 aliphatic rings. The van der Waals surface area contributed by atoms with E-state index < -0.39 is 103 Å². The number of aliphatic hydroxyl groups excluding tert-OH is 3. The van der Waals surface area contributed by atoms with Crippen LogP contribution in [0.3, 0.4) is 0 Å². The van der Waals surface area contributed by atoms with E-state index in [-0.39, 0.29) is 38.2 Å². The molecule has 0 aliphatic heterocycles. The fourth-order valence-corrected chi connectivity index (χ4v) is 7.14. The van der Waals surface area contributed by atoms with Gasteiger partial charge in [-0.25, -0.2) is 0 Å². The van der Waals surface area contributed by atoms with Gasteiger partial charge >= 0.3 is 0 Å². The highest BCUT2D eigenvalue weighted by Crippen LogP contribution is 2.14. The van der Waals surface area contributed by atoms with Crippen LogP contribution in [0, 0.1) is 11.3 Å². The molecule has 374 valence electrons. The van der Waals surface area contributed by atoms with Gasteiger partial charge in [0, 0.05) is 19.4 Å². The molecule has 0 heterocycles. The largest absolute Gasteiger partial charge is 0.394 e. The second-order valence-electron chi connectivity index (χ2n) is 17.4. The second-order valence-corrected chi connectivity index (χ2v) is 17.4. The van der Waals surface area contributed by atoms with E-state index in [1.807, 2.05) is 0 Å². The number of rotatable bonds is 36. The van der Waals surface area contributed by atoms with E-state index in [1.54, 1.807) is 44.2 Å². The summed E-state index contributed by atoms with van der Waals surface area (Å²) >= 11 is 0. The molecule has 66 heavy (non-hydrogen) atoms. The molecule has 0 saturated carbocycles. The van der Waals surface area contributed by atoms with E-state index in [1.165, 1.54) is 58.3 Å². The zero-order valence-corrected chi connectivity index (χ0v) is 39.9. The van der Waals surface area contributed by atoms with Gasteiger partial charge in [0.2, 0.25) is 35.4 Å². The summed E-state index contributed by atoms with van der Waals surface area (Å²) in [6.07, 6.45) is 13.9. The SMILES string of the molecule is CCCCCCCCCCCCCCCC(=O)N[C@H](C(=O)N[C@H](C(=O)N[C@@H](Cc1ccccc1)C(=O)N[C@@H](CCCNC(=N)N)C(=O)N[C@@H](CO)C(=O)N[C@@H](CO)C(C)=O)C(C)C)[C@@H](C)O. The first kappa shape index (κ1) is 58.9. The number of carbonyl (C=O) groups excluding carboxylic acids is 7. The molecule has 6 amide bonds. The summed E-state index contributed by atoms with van der Waals surface area (Å²) in [5.74, 6) is -6.07. The van der Waals surface area contributed by atoms with Crippen LogP contribution in [0.5, 0.6) is 0 Å². The molecule has 0 aromatic heterocycles. The van der Waals surface area contributed by atoms with Gasteiger partial charge in [0.25, 0.3) is 0 Å². The number of hydrogen-bond acceptors (Lipinski definition) is 11. The van der Waals surface area contributed by atoms with E-state index in [4.69, 9.17) is 11.1 Å². The van der Waals surface area contributed by atoms with Crippen LogP contribution in [0.1, 0.15) is 143 Å². The van der Waals surface area contributed by atoms with Gasteiger partial charge in [-0.3, -0.25) is 39.0 Å². The van der Waals surface area contributed by atoms with E-state index in [0.29, 0.717) is 12.0 Å². The number of ketones is 1. The van der Waals surface area contributed by atoms with E-state index in [0.717, 1.165) is 32.6 Å². The molecule has 1 aromatic rings. The van der Waals surface area contributed by atoms with E-state index in [9.17, 15) is 48.9 Å². The Labute approximate surface area is 391 Å². The minimum absolute atomic E-state index is 0.0573. The quantitative estimate of drug-likeness (QED) is 0.0259. The molecule has 13 N–H and O–H groups in total. The number of aliphatic hydroxyl groups is 3. The lowest BCUT2D eigenvalue weighted by Gasteiger charge is -2.29. The molecule has 0 bridgehead atoms. The number of hydrogen-bond donors (Lipinski definition) is 12. The van der Waals surface area contributed by atoms with Crippen molar-refractivity contribution in [2.45, 2.75) is 186 Å². The van der Waals surface area contributed by atoms with Crippen LogP contribution in [0.2, 0.25) is 0 Å². The highest BCUT2D eigenvalue weighted by molar-refractivity contribution is 5.97. The molecule has 7 atom stereocenters. The van der Waals surface area contributed by atoms with Crippen molar-refractivity contribution in [3.05, 3.63) is 35.9 Å². The molecular formula is C47H81N9O10. The lowest BCUT2D eigenvalue weighted by atomic mass is 9.99. The fourth-order valence-electron chi connectivity index (χ4n) is 7.14. The number of nitrogens with one attached hydrogen (secondary N) is 8. The topological polar surface area (TPSA) is 314 Å². The third kappa shape index (κ3) is 25.0. The number of nitrogens with two attached hydrogens (primary N) is 1. The molecule has 0 unspecified atom stereocenters. The van der Waals surface area contributed by atoms with Crippen molar-refractivity contribution in [3.63, 3.8) is 0 Å². The van der Waals surface area contributed by atoms with Crippen molar-refractivity contribution in [2.75, 3.05) is 19.8 Å². The highest BCUT2D eigenvalue weighted by atomic mass is 16.3. The third-order valence-electron chi connectivity index (χ3n) is 11.2. The lowest BCUT2D eigenvalue weighted by molar-refractivity contribution is -0.137. The normalized spacial score (nSPS) is 14.3. The number of unbranched alkanes of at least 4 members (excludes halogenated alkanes) is 12. The molecule has 0 fully saturated rings. The Morgan fingerprint density at radius 2 is 1.06 bits per heavy atom. The van der Waals surface area contributed by atoms with Gasteiger partial charge in [0.1, 0.15) is 36.3 Å². The van der Waals surface area contributed by atoms with Crippen LogP contribution < -0.4 is 43.0 Å². The Kier molecular flexibility index (Phi) is 30.5. The molecule has 19 nitrogen and oxygen atoms in total. The summed E-state index contributed by atoms with van der Waals surface area (Å²) in [4.78, 5) is 93.0. The summed E-state index contributed by atoms with van der Waals surface area (Å²) in [5.41, 5.74) is 6.03. The van der Waals surface area contributed by atoms with E-state index >= 15 is 0 Å². The monoisotopic (exact) mass is 932 g/mol. The summed E-state index contributed by atoms with van der Waals surface area (Å²) < 4.78 is 0. The standard InChI is InChI=1S/C47H81N9O10/c1-6-7-8-9-10-11-12-13-14-15-16-17-21-26-39(61)55-41(33(5)60)46(66)56-40(31(2)3)45(65)52-36(28-34-23-19-18-20-24-34)43(63)51-35(25-22-27-50-47(48)49)42(62)54-38(30-58)44(64)53-37(29-57)32(4)59/h18-20,23-24,31,33,35-38,40-41,57-58,60H,6-17,21-22,25-30H2,1-5H3,(H,51,63)(H,52,65)(H,53,64)(H,54,62)(H,55,61)(H,56,66)(H4,48,49,50)/t33-,35+,36+,37+,38+,40+,41+/m1/s1. The molecular weight excluding hydrogens is 851 g/mol. The van der Waals surface area contributed by atoms with Gasteiger partial charge in [-0.2, -0.15) is 0 Å². The number of guanidine groups is 1. The zero-order chi connectivity index (χ0) is 49.4. The maximum absolute atomic E-state index is 14.1. The van der Waals surface area contributed by atoms with Crippen LogP contribution in [-0.2, 0) is 40.0 Å². The maximum atomic E-state index is 14.1. The van der Waals surface area contributed by atoms with Crippen molar-refractivity contribution in [3.8, 4) is 0 Å². The maximum Gasteiger partial charge on any atom is 0.245 e. The molecule has 0 aliphatic carbocycles. The van der Waals surface area contributed by atoms with Crippen LogP contribution in [0.25, 0.3) is 0 Å². The second kappa shape index (κ2) is 34.2. The van der Waals surface area contributed by atoms with Crippen molar-refractivity contribution in [2.24, 2.45) is 11.7 Å². The van der Waals surface area contributed by atoms with Crippen LogP contribution in [0.15, 0.2) is 30.3 Å². The first-order valence-corrected chi connectivity index (χ1v) is 23.8. The average molecular weight is 932 g/mol. The van der Waals surface area contributed by atoms with Crippen LogP contribution in [0.4, 0.5) is 0 Å². The number of carbonyl (C=O) groups is 7. The molecule has 1 rings (SSSR count). The summed E-state index contributed by atoms with van der Waals surface area (Å²) in [7, 11) is 0. The van der Waals surface area contributed by atoms with Crippen LogP contribution in [-0.4, -0.2) is 125 Å². The van der Waals surface area contributed by atoms with Gasteiger partial charge in [0.15, 0.2) is 11.7 Å². The Morgan fingerprint density at radius 3 is 1.56 bits per heavy atom. The van der Waals surface area contributed by atoms with Crippen molar-refractivity contribution in [1.82, 2.24) is 37.2 Å². The highest BCUT2D eigenvalue weighted by Gasteiger charge is 2.35. The molecule has 19 heteroatoms. The Hall–Kier alpha value is -5.14. The zero-order valence-electron chi connectivity index (χ0n) is 39.9. The minimum atomic E-state index is -1.58. The average Bonchev–Trinajstić information content (AvgIpc) is 3.27. The van der Waals surface area contributed by atoms with Gasteiger partial charge in [-0.05, 0) is 44.6 Å². The van der Waals surface area contributed by atoms with Gasteiger partial charge in [0.05, 0.1) is 19.3 Å². The fraction of sp³-hybridized carbons (Fsp3) is 0.702. The number of Topliss-reactive ketones (excluding diaryl/α,β-unsaturated/α-hetero) is 1. The predicted molar refractivity (Wildman–Crippen MR) is 253 cm³/mol. The van der Waals surface area contributed by atoms with Gasteiger partial charge < -0.3 is 58.3 Å². The minimum Gasteiger partial charge on any atom is -0.394 e. The number of benzene rings is 1. The smallest absolute Gasteiger partial charge is 0.245 e. The summed E-state index contributed by atoms with van der Waals surface area (Å²) in [5, 5.41) is 55.2. The van der Waals surface area contributed by atoms with E-state index in [2.05, 4.69) is 44.1 Å². The first-order valence-electron chi connectivity index (χ1n) is 23.8. The molecule has 0 spiro atoms.